The maximum atomic E-state index is 9.01. The van der Waals surface area contributed by atoms with Crippen LogP contribution in [0.15, 0.2) is 11.2 Å². The highest BCUT2D eigenvalue weighted by molar-refractivity contribution is 6.03. The summed E-state index contributed by atoms with van der Waals surface area (Å²) < 4.78 is 5.40. The minimum Gasteiger partial charge on any atom is -0.409 e. The van der Waals surface area contributed by atoms with Gasteiger partial charge in [-0.05, 0) is 38.7 Å². The van der Waals surface area contributed by atoms with Gasteiger partial charge in [0.1, 0.15) is 0 Å². The van der Waals surface area contributed by atoms with Crippen molar-refractivity contribution in [3.63, 3.8) is 0 Å². The molecule has 1 fully saturated rings. The molecule has 6 heteroatoms. The molecule has 21 heavy (non-hydrogen) atoms. The summed E-state index contributed by atoms with van der Waals surface area (Å²) >= 11 is 0. The molecule has 0 saturated carbocycles. The lowest BCUT2D eigenvalue weighted by atomic mass is 9.99. The number of aryl methyl sites for hydroxylation is 2. The average Bonchev–Trinajstić information content (AvgIpc) is 2.46. The molecule has 3 N–H and O–H groups in total. The van der Waals surface area contributed by atoms with Crippen molar-refractivity contribution in [2.24, 2.45) is 16.8 Å². The third-order valence-corrected chi connectivity index (χ3v) is 3.96. The van der Waals surface area contributed by atoms with Gasteiger partial charge in [0.2, 0.25) is 0 Å². The Morgan fingerprint density at radius 2 is 2.14 bits per heavy atom. The molecule has 1 aromatic rings. The van der Waals surface area contributed by atoms with Gasteiger partial charge in [0.15, 0.2) is 5.84 Å². The first-order valence-electron chi connectivity index (χ1n) is 7.28. The Balaban J connectivity index is 2.28. The van der Waals surface area contributed by atoms with Gasteiger partial charge in [-0.2, -0.15) is 0 Å². The quantitative estimate of drug-likeness (QED) is 0.381. The number of amidine groups is 1. The lowest BCUT2D eigenvalue weighted by Gasteiger charge is -2.30. The van der Waals surface area contributed by atoms with Crippen LogP contribution in [-0.2, 0) is 4.74 Å². The Bertz CT molecular complexity index is 525. The van der Waals surface area contributed by atoms with E-state index in [2.05, 4.69) is 15.0 Å². The van der Waals surface area contributed by atoms with Crippen molar-refractivity contribution in [1.82, 2.24) is 4.98 Å². The van der Waals surface area contributed by atoms with Crippen LogP contribution in [0, 0.1) is 19.8 Å². The fourth-order valence-corrected chi connectivity index (χ4v) is 2.89. The fourth-order valence-electron chi connectivity index (χ4n) is 2.89. The molecule has 0 atom stereocenters. The van der Waals surface area contributed by atoms with Gasteiger partial charge in [0, 0.05) is 32.5 Å². The van der Waals surface area contributed by atoms with Gasteiger partial charge in [-0.25, -0.2) is 0 Å². The summed E-state index contributed by atoms with van der Waals surface area (Å²) in [5.41, 5.74) is 9.20. The van der Waals surface area contributed by atoms with Crippen LogP contribution in [0.4, 0.5) is 5.69 Å². The summed E-state index contributed by atoms with van der Waals surface area (Å²) in [6, 6.07) is 1.99. The van der Waals surface area contributed by atoms with Crippen molar-refractivity contribution in [3.8, 4) is 0 Å². The SMILES string of the molecule is Cc1cc(N(C)CC2CCOCC2)c(/C(N)=N/O)c(C)n1. The van der Waals surface area contributed by atoms with Crippen molar-refractivity contribution >= 4 is 11.5 Å². The molecule has 1 saturated heterocycles. The van der Waals surface area contributed by atoms with E-state index in [0.717, 1.165) is 49.7 Å². The Kier molecular flexibility index (Phi) is 5.01. The zero-order valence-electron chi connectivity index (χ0n) is 13.0. The van der Waals surface area contributed by atoms with Gasteiger partial charge in [-0.15, -0.1) is 0 Å². The molecule has 0 aromatic carbocycles. The molecule has 116 valence electrons. The zero-order valence-corrected chi connectivity index (χ0v) is 13.0. The minimum absolute atomic E-state index is 0.105. The van der Waals surface area contributed by atoms with Crippen LogP contribution in [0.25, 0.3) is 0 Å². The second-order valence-corrected chi connectivity index (χ2v) is 5.66. The van der Waals surface area contributed by atoms with Gasteiger partial charge in [0.25, 0.3) is 0 Å². The number of rotatable bonds is 4. The second-order valence-electron chi connectivity index (χ2n) is 5.66. The van der Waals surface area contributed by atoms with E-state index in [1.165, 1.54) is 0 Å². The zero-order chi connectivity index (χ0) is 15.4. The number of nitrogens with two attached hydrogens (primary N) is 1. The molecule has 2 rings (SSSR count). The average molecular weight is 292 g/mol. The van der Waals surface area contributed by atoms with Gasteiger partial charge in [-0.3, -0.25) is 4.98 Å². The largest absolute Gasteiger partial charge is 0.409 e. The Morgan fingerprint density at radius 3 is 2.76 bits per heavy atom. The standard InChI is InChI=1S/C15H24N4O2/c1-10-8-13(14(11(2)17-10)15(16)18-20)19(3)9-12-4-6-21-7-5-12/h8,12,20H,4-7,9H2,1-3H3,(H2,16,18). The molecule has 6 nitrogen and oxygen atoms in total. The Labute approximate surface area is 125 Å². The number of anilines is 1. The van der Waals surface area contributed by atoms with Crippen molar-refractivity contribution in [2.75, 3.05) is 31.7 Å². The third-order valence-electron chi connectivity index (χ3n) is 3.96. The van der Waals surface area contributed by atoms with Crippen molar-refractivity contribution in [3.05, 3.63) is 23.0 Å². The first kappa shape index (κ1) is 15.6. The lowest BCUT2D eigenvalue weighted by Crippen LogP contribution is -2.31. The summed E-state index contributed by atoms with van der Waals surface area (Å²) in [7, 11) is 2.04. The summed E-state index contributed by atoms with van der Waals surface area (Å²) in [5, 5.41) is 12.2. The molecule has 0 spiro atoms. The molecule has 0 aliphatic carbocycles. The highest BCUT2D eigenvalue weighted by atomic mass is 16.5. The van der Waals surface area contributed by atoms with E-state index in [4.69, 9.17) is 15.7 Å². The fraction of sp³-hybridized carbons (Fsp3) is 0.600. The van der Waals surface area contributed by atoms with Crippen molar-refractivity contribution in [1.29, 1.82) is 0 Å². The van der Waals surface area contributed by atoms with Gasteiger partial charge in [0.05, 0.1) is 16.9 Å². The van der Waals surface area contributed by atoms with Crippen LogP contribution in [0.5, 0.6) is 0 Å². The number of aromatic nitrogens is 1. The van der Waals surface area contributed by atoms with Gasteiger partial charge >= 0.3 is 0 Å². The summed E-state index contributed by atoms with van der Waals surface area (Å²) in [6.45, 7) is 6.43. The van der Waals surface area contributed by atoms with Gasteiger partial charge in [-0.1, -0.05) is 5.16 Å². The smallest absolute Gasteiger partial charge is 0.174 e. The predicted octanol–water partition coefficient (Wildman–Crippen LogP) is 1.66. The maximum Gasteiger partial charge on any atom is 0.174 e. The van der Waals surface area contributed by atoms with Crippen LogP contribution >= 0.6 is 0 Å². The number of hydrogen-bond donors (Lipinski definition) is 2. The second kappa shape index (κ2) is 6.76. The van der Waals surface area contributed by atoms with E-state index in [-0.39, 0.29) is 5.84 Å². The van der Waals surface area contributed by atoms with E-state index in [1.54, 1.807) is 0 Å². The van der Waals surface area contributed by atoms with Crippen LogP contribution in [0.2, 0.25) is 0 Å². The Hall–Kier alpha value is -1.82. The summed E-state index contributed by atoms with van der Waals surface area (Å²) in [5.74, 6) is 0.714. The topological polar surface area (TPSA) is 84.0 Å². The van der Waals surface area contributed by atoms with Gasteiger partial charge < -0.3 is 20.6 Å². The van der Waals surface area contributed by atoms with E-state index < -0.39 is 0 Å². The van der Waals surface area contributed by atoms with Crippen molar-refractivity contribution in [2.45, 2.75) is 26.7 Å². The lowest BCUT2D eigenvalue weighted by molar-refractivity contribution is 0.0685. The molecule has 0 bridgehead atoms. The Morgan fingerprint density at radius 1 is 1.48 bits per heavy atom. The van der Waals surface area contributed by atoms with Crippen molar-refractivity contribution < 1.29 is 9.94 Å². The molecular formula is C15H24N4O2. The van der Waals surface area contributed by atoms with E-state index in [0.29, 0.717) is 11.5 Å². The number of pyridine rings is 1. The summed E-state index contributed by atoms with van der Waals surface area (Å²) in [4.78, 5) is 6.59. The van der Waals surface area contributed by atoms with E-state index in [9.17, 15) is 0 Å². The number of nitrogens with zero attached hydrogens (tertiary/aromatic N) is 3. The van der Waals surface area contributed by atoms with Crippen LogP contribution < -0.4 is 10.6 Å². The van der Waals surface area contributed by atoms with E-state index in [1.807, 2.05) is 27.0 Å². The predicted molar refractivity (Wildman–Crippen MR) is 83.0 cm³/mol. The highest BCUT2D eigenvalue weighted by Gasteiger charge is 2.20. The summed E-state index contributed by atoms with van der Waals surface area (Å²) in [6.07, 6.45) is 2.15. The van der Waals surface area contributed by atoms with Crippen LogP contribution in [0.3, 0.4) is 0 Å². The number of hydrogen-bond acceptors (Lipinski definition) is 5. The number of ether oxygens (including phenoxy) is 1. The van der Waals surface area contributed by atoms with Crippen LogP contribution in [-0.4, -0.2) is 42.8 Å². The third kappa shape index (κ3) is 3.64. The molecule has 2 heterocycles. The molecule has 1 aromatic heterocycles. The molecular weight excluding hydrogens is 268 g/mol. The highest BCUT2D eigenvalue weighted by Crippen LogP contribution is 2.25. The maximum absolute atomic E-state index is 9.01. The minimum atomic E-state index is 0.105. The molecule has 0 amide bonds. The normalized spacial score (nSPS) is 17.0. The monoisotopic (exact) mass is 292 g/mol. The number of oxime groups is 1. The molecule has 1 aliphatic heterocycles. The first-order chi connectivity index (χ1) is 10.0. The molecule has 0 unspecified atom stereocenters. The van der Waals surface area contributed by atoms with Crippen LogP contribution in [0.1, 0.15) is 29.8 Å². The van der Waals surface area contributed by atoms with E-state index >= 15 is 0 Å². The first-order valence-corrected chi connectivity index (χ1v) is 7.28. The molecule has 0 radical (unpaired) electrons. The molecule has 1 aliphatic rings.